The summed E-state index contributed by atoms with van der Waals surface area (Å²) in [7, 11) is 0. The fraction of sp³-hybridized carbons (Fsp3) is 0.622. The lowest BCUT2D eigenvalue weighted by atomic mass is 9.92. The van der Waals surface area contributed by atoms with Crippen LogP contribution in [0.25, 0.3) is 0 Å². The first-order valence-electron chi connectivity index (χ1n) is 42.9. The van der Waals surface area contributed by atoms with Crippen molar-refractivity contribution < 1.29 is 227 Å². The number of aliphatic hydroxyl groups excluding tert-OH is 9. The van der Waals surface area contributed by atoms with Gasteiger partial charge < -0.3 is 174 Å². The Morgan fingerprint density at radius 3 is 0.732 bits per heavy atom. The number of esters is 10. The van der Waals surface area contributed by atoms with Crippen molar-refractivity contribution in [3.63, 3.8) is 0 Å². The molecule has 9 atom stereocenters. The molecule has 0 spiro atoms. The molecule has 48 heteroatoms. The van der Waals surface area contributed by atoms with Gasteiger partial charge in [-0.05, 0) is 19.1 Å². The van der Waals surface area contributed by atoms with Gasteiger partial charge in [0.15, 0.2) is 12.0 Å². The standard InChI is InChI=1S/C37H62O20.C27H44O15.C9H13NO4.C9H16O4.C8H10O4/c1-5-33(42)54-21-29(38)17-46-9-13-50-25-37(26-51-14-10-47-18-30(39)22-55-34(43)6-2,27-52-15-11-48-19-31(40)23-56-35(44)7-3)28-53-16-12-49-20-32(41)24-57-36(45)8-4;1-4-25(31)40-16-21(28)13-34-7-9-37-19-24(39-12-11-36-15-23(30)18-42-27(33)6-3)20-38-10-8-35-14-22(29)17-41-26(32)5-2;1-3-6(11)5-7(12)9(14)10-8(13)4-2;1-3-9(10)13-8-7-12-6-5-11-4-2;1-3-7(9)11-5-6-12-8(10)4-2/h5-7,29-32,38-41H,1-3,8-28H2,4H3;4-6,21-24,28-30H,1-3,7-20H2;3-4,7,9,12,14H,1-2,5H2,(H,10,13);3H,1,4-8H2,2H3;3-4H,1-2,5-6H2. The van der Waals surface area contributed by atoms with E-state index >= 15 is 0 Å². The van der Waals surface area contributed by atoms with E-state index in [2.05, 4.69) is 86.6 Å². The van der Waals surface area contributed by atoms with E-state index in [9.17, 15) is 98.4 Å². The normalized spacial score (nSPS) is 13.2. The van der Waals surface area contributed by atoms with Crippen molar-refractivity contribution in [1.29, 1.82) is 0 Å². The van der Waals surface area contributed by atoms with Crippen molar-refractivity contribution in [2.24, 2.45) is 5.41 Å². The zero-order chi connectivity index (χ0) is 104. The molecule has 0 aliphatic rings. The van der Waals surface area contributed by atoms with Crippen LogP contribution in [0.5, 0.6) is 0 Å². The van der Waals surface area contributed by atoms with Crippen molar-refractivity contribution in [2.75, 3.05) is 271 Å². The van der Waals surface area contributed by atoms with Gasteiger partial charge >= 0.3 is 59.7 Å². The Balaban J connectivity index is -0.000000624. The zero-order valence-electron chi connectivity index (χ0n) is 78.8. The lowest BCUT2D eigenvalue weighted by Gasteiger charge is -2.33. The van der Waals surface area contributed by atoms with Gasteiger partial charge in [0, 0.05) is 74.1 Å². The lowest BCUT2D eigenvalue weighted by molar-refractivity contribution is -0.148. The molecule has 792 valence electrons. The summed E-state index contributed by atoms with van der Waals surface area (Å²) in [6, 6.07) is 0. The second-order valence-electron chi connectivity index (χ2n) is 27.0. The molecule has 0 heterocycles. The molecule has 0 aromatic heterocycles. The van der Waals surface area contributed by atoms with Gasteiger partial charge in [0.2, 0.25) is 5.91 Å². The maximum Gasteiger partial charge on any atom is 0.330 e. The Kier molecular flexibility index (Phi) is 97.5. The smallest absolute Gasteiger partial charge is 0.330 e. The molecule has 0 aromatic rings. The van der Waals surface area contributed by atoms with Crippen molar-refractivity contribution in [1.82, 2.24) is 5.32 Å². The molecule has 0 aromatic carbocycles. The number of hydrogen-bond acceptors (Lipinski definition) is 47. The highest BCUT2D eigenvalue weighted by Crippen LogP contribution is 2.21. The minimum atomic E-state index is -1.48. The summed E-state index contributed by atoms with van der Waals surface area (Å²) >= 11 is 0. The summed E-state index contributed by atoms with van der Waals surface area (Å²) in [6.45, 7) is 41.4. The van der Waals surface area contributed by atoms with Gasteiger partial charge in [-0.1, -0.05) is 79.3 Å². The van der Waals surface area contributed by atoms with E-state index in [4.69, 9.17) is 114 Å². The van der Waals surface area contributed by atoms with Gasteiger partial charge in [0.05, 0.1) is 204 Å². The number of aliphatic hydroxyl groups is 9. The first kappa shape index (κ1) is 136. The minimum Gasteiger partial charge on any atom is -0.463 e. The molecule has 1 amide bonds. The predicted octanol–water partition coefficient (Wildman–Crippen LogP) is -2.26. The van der Waals surface area contributed by atoms with E-state index in [0.29, 0.717) is 26.4 Å². The van der Waals surface area contributed by atoms with Crippen LogP contribution in [0.2, 0.25) is 0 Å². The summed E-state index contributed by atoms with van der Waals surface area (Å²) in [4.78, 5) is 131. The quantitative estimate of drug-likeness (QED) is 0.0101. The van der Waals surface area contributed by atoms with Crippen LogP contribution in [0.4, 0.5) is 0 Å². The maximum absolute atomic E-state index is 11.3. The zero-order valence-corrected chi connectivity index (χ0v) is 78.8. The van der Waals surface area contributed by atoms with Gasteiger partial charge in [0.25, 0.3) is 0 Å². The average molecular weight is 1990 g/mol. The molecule has 0 saturated heterocycles. The monoisotopic (exact) mass is 1990 g/mol. The first-order valence-corrected chi connectivity index (χ1v) is 42.9. The van der Waals surface area contributed by atoms with Gasteiger partial charge in [-0.2, -0.15) is 0 Å². The topological polar surface area (TPSA) is 639 Å². The van der Waals surface area contributed by atoms with Gasteiger partial charge in [0.1, 0.15) is 121 Å². The lowest BCUT2D eigenvalue weighted by Crippen LogP contribution is -2.43. The number of amides is 1. The third kappa shape index (κ3) is 96.3. The van der Waals surface area contributed by atoms with Gasteiger partial charge in [-0.15, -0.1) is 0 Å². The number of carbonyl (C=O) groups excluding carboxylic acids is 12. The minimum absolute atomic E-state index is 0.0285. The molecule has 0 aliphatic carbocycles. The second kappa shape index (κ2) is 98.6. The molecule has 0 radical (unpaired) electrons. The van der Waals surface area contributed by atoms with E-state index in [1.54, 1.807) is 6.92 Å². The van der Waals surface area contributed by atoms with Crippen molar-refractivity contribution >= 4 is 71.4 Å². The molecule has 0 aliphatic heterocycles. The number of rotatable bonds is 88. The Hall–Kier alpha value is -10.0. The summed E-state index contributed by atoms with van der Waals surface area (Å²) in [5.41, 5.74) is -0.941. The van der Waals surface area contributed by atoms with Crippen LogP contribution < -0.4 is 5.32 Å². The highest BCUT2D eigenvalue weighted by molar-refractivity contribution is 5.90. The molecule has 0 saturated carbocycles. The van der Waals surface area contributed by atoms with Gasteiger partial charge in [-0.3, -0.25) is 14.4 Å². The van der Waals surface area contributed by atoms with Crippen molar-refractivity contribution in [3.8, 4) is 0 Å². The molecule has 0 bridgehead atoms. The van der Waals surface area contributed by atoms with Crippen LogP contribution in [0.3, 0.4) is 0 Å². The van der Waals surface area contributed by atoms with E-state index < -0.39 is 138 Å². The van der Waals surface area contributed by atoms with Crippen LogP contribution in [-0.2, 0) is 181 Å². The number of hydrogen-bond donors (Lipinski definition) is 10. The fourth-order valence-corrected chi connectivity index (χ4v) is 8.28. The Morgan fingerprint density at radius 2 is 0.478 bits per heavy atom. The number of carbonyl (C=O) groups is 12. The van der Waals surface area contributed by atoms with E-state index in [1.165, 1.54) is 0 Å². The van der Waals surface area contributed by atoms with Crippen molar-refractivity contribution in [2.45, 2.75) is 87.9 Å². The van der Waals surface area contributed by atoms with E-state index in [-0.39, 0.29) is 257 Å². The Bertz CT molecular complexity index is 3130. The summed E-state index contributed by atoms with van der Waals surface area (Å²) < 4.78 is 135. The highest BCUT2D eigenvalue weighted by atomic mass is 16.6. The fourth-order valence-electron chi connectivity index (χ4n) is 8.28. The number of nitrogens with one attached hydrogen (secondary N) is 1. The largest absolute Gasteiger partial charge is 0.463 e. The van der Waals surface area contributed by atoms with Crippen LogP contribution >= 0.6 is 0 Å². The molecule has 0 fully saturated rings. The third-order valence-corrected chi connectivity index (χ3v) is 15.1. The third-order valence-electron chi connectivity index (χ3n) is 15.1. The summed E-state index contributed by atoms with van der Waals surface area (Å²) in [5.74, 6) is -6.93. The highest BCUT2D eigenvalue weighted by Gasteiger charge is 2.33. The molecule has 0 rings (SSSR count). The van der Waals surface area contributed by atoms with Crippen LogP contribution in [-0.4, -0.2) is 449 Å². The van der Waals surface area contributed by atoms with Crippen LogP contribution in [0.15, 0.2) is 139 Å². The Labute approximate surface area is 803 Å². The average Bonchev–Trinajstić information content (AvgIpc) is 0.865. The molecule has 10 N–H and O–H groups in total. The second-order valence-corrected chi connectivity index (χ2v) is 27.0. The number of ketones is 1. The predicted molar refractivity (Wildman–Crippen MR) is 484 cm³/mol. The molecule has 9 unspecified atom stereocenters. The molecule has 138 heavy (non-hydrogen) atoms. The van der Waals surface area contributed by atoms with E-state index in [1.807, 2.05) is 12.2 Å². The maximum atomic E-state index is 11.3. The SMILES string of the molecule is C=CC(=O)CC(O)C(O)NC(=O)C=C.C=CC(=O)OCC(O)COCCOCC(COCCOCC(O)COC(=O)C=C)(COCCOCC(O)COC(=O)C=C)COCCOCC(O)COC(=O)CC.C=CC(=O)OCC(O)COCCOCC(COCCOCC(O)COC(=O)C=C)OCCOCC(O)COC(=O)C=C.C=CC(=O)OCCOC(=O)C=C.C=CC(=O)OCCOCCOCC. The Morgan fingerprint density at radius 1 is 0.254 bits per heavy atom. The molecule has 48 nitrogen and oxygen atoms in total. The molecular weight excluding hydrogens is 1850 g/mol. The molecular formula is C90H145NO47. The van der Waals surface area contributed by atoms with Crippen LogP contribution in [0.1, 0.15) is 26.7 Å². The number of allylic oxidation sites excluding steroid dienone is 1. The van der Waals surface area contributed by atoms with Crippen molar-refractivity contribution in [3.05, 3.63) is 139 Å². The van der Waals surface area contributed by atoms with E-state index in [0.717, 1.165) is 66.8 Å². The number of ether oxygens (including phenoxy) is 26. The van der Waals surface area contributed by atoms with Crippen LogP contribution in [0, 0.1) is 5.41 Å². The first-order chi connectivity index (χ1) is 66.1. The summed E-state index contributed by atoms with van der Waals surface area (Å²) in [5, 5.41) is 89.4. The summed E-state index contributed by atoms with van der Waals surface area (Å²) in [6.07, 6.45) is 0.474. The van der Waals surface area contributed by atoms with Gasteiger partial charge in [-0.25, -0.2) is 43.2 Å².